The SMILES string of the molecule is [NH]c1ccc2c(O)c(/N=N/c3ccccc3S(=O)(=O)O)c(S(=O)(=O)O)cc2c1. The van der Waals surface area contributed by atoms with Crippen molar-refractivity contribution in [2.45, 2.75) is 9.79 Å². The van der Waals surface area contributed by atoms with E-state index in [4.69, 9.17) is 5.73 Å². The molecule has 4 N–H and O–H groups in total. The Morgan fingerprint density at radius 1 is 0.821 bits per heavy atom. The number of azo groups is 1. The molecule has 0 saturated carbocycles. The van der Waals surface area contributed by atoms with Crippen molar-refractivity contribution in [2.75, 3.05) is 0 Å². The van der Waals surface area contributed by atoms with Gasteiger partial charge in [0.2, 0.25) is 0 Å². The van der Waals surface area contributed by atoms with Crippen LogP contribution >= 0.6 is 0 Å². The first-order chi connectivity index (χ1) is 13.0. The average molecular weight is 422 g/mol. The minimum Gasteiger partial charge on any atom is -0.505 e. The van der Waals surface area contributed by atoms with Gasteiger partial charge in [0.05, 0.1) is 5.69 Å². The zero-order chi connectivity index (χ0) is 20.7. The van der Waals surface area contributed by atoms with Crippen molar-refractivity contribution in [1.82, 2.24) is 5.73 Å². The van der Waals surface area contributed by atoms with Crippen molar-refractivity contribution in [3.05, 3.63) is 48.5 Å². The first-order valence-electron chi connectivity index (χ1n) is 7.45. The molecule has 0 unspecified atom stereocenters. The van der Waals surface area contributed by atoms with Crippen LogP contribution < -0.4 is 5.73 Å². The minimum absolute atomic E-state index is 0.0460. The Kier molecular flexibility index (Phi) is 4.81. The van der Waals surface area contributed by atoms with E-state index >= 15 is 0 Å². The van der Waals surface area contributed by atoms with Crippen molar-refractivity contribution in [2.24, 2.45) is 10.2 Å². The van der Waals surface area contributed by atoms with Gasteiger partial charge in [0.1, 0.15) is 21.2 Å². The molecule has 10 nitrogen and oxygen atoms in total. The molecule has 0 heterocycles. The second-order valence-electron chi connectivity index (χ2n) is 5.63. The van der Waals surface area contributed by atoms with Crippen molar-refractivity contribution in [3.63, 3.8) is 0 Å². The van der Waals surface area contributed by atoms with Crippen LogP contribution in [0.3, 0.4) is 0 Å². The average Bonchev–Trinajstić information content (AvgIpc) is 2.59. The summed E-state index contributed by atoms with van der Waals surface area (Å²) in [4.78, 5) is -1.36. The van der Waals surface area contributed by atoms with Crippen LogP contribution in [0.2, 0.25) is 0 Å². The summed E-state index contributed by atoms with van der Waals surface area (Å²) in [5, 5.41) is 18.0. The zero-order valence-corrected chi connectivity index (χ0v) is 15.4. The highest BCUT2D eigenvalue weighted by Crippen LogP contribution is 2.42. The molecule has 0 aliphatic heterocycles. The molecular weight excluding hydrogens is 410 g/mol. The standard InChI is InChI=1S/C16H12N3O7S2/c17-10-5-6-11-9(7-10)8-14(28(24,25)26)15(16(11)20)19-18-12-3-1-2-4-13(12)27(21,22)23/h1-8,17,20H,(H,21,22,23)(H,24,25,26)/b19-18+. The fraction of sp³-hybridized carbons (Fsp3) is 0. The van der Waals surface area contributed by atoms with Crippen molar-refractivity contribution >= 4 is 48.1 Å². The van der Waals surface area contributed by atoms with Crippen LogP contribution in [0.4, 0.5) is 17.1 Å². The van der Waals surface area contributed by atoms with Gasteiger partial charge in [-0.2, -0.15) is 16.8 Å². The van der Waals surface area contributed by atoms with Crippen LogP contribution in [0.25, 0.3) is 10.8 Å². The molecule has 0 amide bonds. The maximum absolute atomic E-state index is 11.7. The van der Waals surface area contributed by atoms with E-state index in [-0.39, 0.29) is 22.1 Å². The summed E-state index contributed by atoms with van der Waals surface area (Å²) in [5.74, 6) is -0.641. The van der Waals surface area contributed by atoms with Gasteiger partial charge in [0, 0.05) is 5.39 Å². The summed E-state index contributed by atoms with van der Waals surface area (Å²) in [6.07, 6.45) is 0. The third kappa shape index (κ3) is 3.80. The number of rotatable bonds is 4. The van der Waals surface area contributed by atoms with E-state index in [2.05, 4.69) is 10.2 Å². The molecule has 3 aromatic rings. The number of nitrogens with zero attached hydrogens (tertiary/aromatic N) is 2. The van der Waals surface area contributed by atoms with E-state index < -0.39 is 41.5 Å². The van der Waals surface area contributed by atoms with Gasteiger partial charge in [-0.1, -0.05) is 12.1 Å². The van der Waals surface area contributed by atoms with Crippen LogP contribution in [0.1, 0.15) is 0 Å². The smallest absolute Gasteiger partial charge is 0.296 e. The Balaban J connectivity index is 2.28. The molecule has 145 valence electrons. The number of fused-ring (bicyclic) bond motifs is 1. The number of aromatic hydroxyl groups is 1. The van der Waals surface area contributed by atoms with E-state index in [1.54, 1.807) is 0 Å². The van der Waals surface area contributed by atoms with E-state index in [1.807, 2.05) is 0 Å². The minimum atomic E-state index is -4.85. The van der Waals surface area contributed by atoms with Gasteiger partial charge in [0.15, 0.2) is 5.75 Å². The number of phenols is 1. The fourth-order valence-corrected chi connectivity index (χ4v) is 3.79. The number of hydrogen-bond donors (Lipinski definition) is 3. The molecule has 0 aliphatic carbocycles. The zero-order valence-electron chi connectivity index (χ0n) is 13.8. The second kappa shape index (κ2) is 6.83. The van der Waals surface area contributed by atoms with Crippen molar-refractivity contribution in [3.8, 4) is 5.75 Å². The first kappa shape index (κ1) is 19.7. The molecule has 12 heteroatoms. The van der Waals surface area contributed by atoms with Crippen LogP contribution in [0.5, 0.6) is 5.75 Å². The fourth-order valence-electron chi connectivity index (χ4n) is 2.51. The first-order valence-corrected chi connectivity index (χ1v) is 10.3. The lowest BCUT2D eigenvalue weighted by molar-refractivity contribution is 0.472. The molecule has 0 aromatic heterocycles. The van der Waals surface area contributed by atoms with Crippen LogP contribution in [-0.2, 0) is 20.2 Å². The lowest BCUT2D eigenvalue weighted by Gasteiger charge is -2.09. The summed E-state index contributed by atoms with van der Waals surface area (Å²) in [7, 11) is -9.48. The molecule has 0 aliphatic rings. The second-order valence-corrected chi connectivity index (χ2v) is 8.41. The number of benzene rings is 3. The molecular formula is C16H12N3O7S2. The normalized spacial score (nSPS) is 12.6. The summed E-state index contributed by atoms with van der Waals surface area (Å²) >= 11 is 0. The van der Waals surface area contributed by atoms with Crippen molar-refractivity contribution < 1.29 is 31.0 Å². The molecule has 3 rings (SSSR count). The van der Waals surface area contributed by atoms with Crippen LogP contribution in [0.15, 0.2) is 68.6 Å². The Morgan fingerprint density at radius 3 is 2.11 bits per heavy atom. The van der Waals surface area contributed by atoms with Gasteiger partial charge >= 0.3 is 0 Å². The van der Waals surface area contributed by atoms with Crippen LogP contribution in [-0.4, -0.2) is 31.0 Å². The topological polar surface area (TPSA) is 177 Å². The Bertz CT molecular complexity index is 1330. The quantitative estimate of drug-likeness (QED) is 0.426. The van der Waals surface area contributed by atoms with Crippen LogP contribution in [0, 0.1) is 0 Å². The Hall–Kier alpha value is -3.06. The molecule has 1 radical (unpaired) electrons. The molecule has 0 atom stereocenters. The predicted octanol–water partition coefficient (Wildman–Crippen LogP) is 3.37. The van der Waals surface area contributed by atoms with Gasteiger partial charge in [-0.15, -0.1) is 10.2 Å². The number of phenolic OH excluding ortho intramolecular Hbond substituents is 1. The molecule has 0 bridgehead atoms. The summed E-state index contributed by atoms with van der Waals surface area (Å²) in [5.41, 5.74) is 6.69. The molecule has 0 fully saturated rings. The molecule has 3 aromatic carbocycles. The lowest BCUT2D eigenvalue weighted by Crippen LogP contribution is -1.99. The summed E-state index contributed by atoms with van der Waals surface area (Å²) in [6, 6.07) is 9.98. The van der Waals surface area contributed by atoms with E-state index in [0.29, 0.717) is 0 Å². The number of nitrogens with one attached hydrogen (secondary N) is 1. The highest BCUT2D eigenvalue weighted by molar-refractivity contribution is 7.86. The maximum atomic E-state index is 11.7. The highest BCUT2D eigenvalue weighted by Gasteiger charge is 2.22. The lowest BCUT2D eigenvalue weighted by atomic mass is 10.1. The van der Waals surface area contributed by atoms with Crippen molar-refractivity contribution in [1.29, 1.82) is 0 Å². The van der Waals surface area contributed by atoms with E-state index in [0.717, 1.165) is 12.1 Å². The largest absolute Gasteiger partial charge is 0.505 e. The molecule has 0 spiro atoms. The predicted molar refractivity (Wildman–Crippen MR) is 98.6 cm³/mol. The summed E-state index contributed by atoms with van der Waals surface area (Å²) < 4.78 is 65.0. The maximum Gasteiger partial charge on any atom is 0.296 e. The Labute approximate surface area is 159 Å². The Morgan fingerprint density at radius 2 is 1.46 bits per heavy atom. The van der Waals surface area contributed by atoms with Gasteiger partial charge in [-0.3, -0.25) is 9.11 Å². The monoisotopic (exact) mass is 422 g/mol. The van der Waals surface area contributed by atoms with Gasteiger partial charge < -0.3 is 10.8 Å². The molecule has 28 heavy (non-hydrogen) atoms. The molecule has 0 saturated heterocycles. The highest BCUT2D eigenvalue weighted by atomic mass is 32.2. The van der Waals surface area contributed by atoms with Gasteiger partial charge in [0.25, 0.3) is 20.2 Å². The van der Waals surface area contributed by atoms with E-state index in [9.17, 15) is 31.0 Å². The third-order valence-corrected chi connectivity index (χ3v) is 5.50. The van der Waals surface area contributed by atoms with Gasteiger partial charge in [-0.05, 0) is 41.8 Å². The third-order valence-electron chi connectivity index (χ3n) is 3.73. The van der Waals surface area contributed by atoms with E-state index in [1.165, 1.54) is 36.4 Å². The summed E-state index contributed by atoms with van der Waals surface area (Å²) in [6.45, 7) is 0. The van der Waals surface area contributed by atoms with Gasteiger partial charge in [-0.25, -0.2) is 0 Å². The number of hydrogen-bond acceptors (Lipinski definition) is 7.